The first-order valence-electron chi connectivity index (χ1n) is 9.96. The van der Waals surface area contributed by atoms with Crippen LogP contribution >= 0.6 is 12.4 Å². The lowest BCUT2D eigenvalue weighted by Crippen LogP contribution is -2.40. The fourth-order valence-corrected chi connectivity index (χ4v) is 5.20. The average Bonchev–Trinajstić information content (AvgIpc) is 2.90. The van der Waals surface area contributed by atoms with E-state index < -0.39 is 0 Å². The van der Waals surface area contributed by atoms with Gasteiger partial charge in [0.25, 0.3) is 0 Å². The fourth-order valence-electron chi connectivity index (χ4n) is 5.20. The molecule has 2 aromatic rings. The number of carbonyl (C=O) groups excluding carboxylic acids is 1. The minimum atomic E-state index is 0. The van der Waals surface area contributed by atoms with E-state index in [9.17, 15) is 4.79 Å². The van der Waals surface area contributed by atoms with Crippen LogP contribution in [0.2, 0.25) is 0 Å². The van der Waals surface area contributed by atoms with Gasteiger partial charge in [-0.3, -0.25) is 4.79 Å². The van der Waals surface area contributed by atoms with Crippen molar-refractivity contribution < 1.29 is 4.79 Å². The summed E-state index contributed by atoms with van der Waals surface area (Å²) in [6, 6.07) is 18.4. The van der Waals surface area contributed by atoms with Crippen molar-refractivity contribution in [2.24, 2.45) is 5.92 Å². The van der Waals surface area contributed by atoms with Crippen LogP contribution in [0.25, 0.3) is 11.1 Å². The first-order chi connectivity index (χ1) is 12.8. The predicted molar refractivity (Wildman–Crippen MR) is 111 cm³/mol. The lowest BCUT2D eigenvalue weighted by molar-refractivity contribution is -0.133. The van der Waals surface area contributed by atoms with Crippen molar-refractivity contribution in [3.8, 4) is 11.1 Å². The summed E-state index contributed by atoms with van der Waals surface area (Å²) in [7, 11) is 0. The number of carbonyl (C=O) groups is 1. The van der Waals surface area contributed by atoms with Gasteiger partial charge in [-0.2, -0.15) is 0 Å². The van der Waals surface area contributed by atoms with Gasteiger partial charge in [-0.25, -0.2) is 0 Å². The largest absolute Gasteiger partial charge is 0.334 e. The maximum absolute atomic E-state index is 13.2. The molecule has 2 saturated heterocycles. The number of benzene rings is 2. The Kier molecular flexibility index (Phi) is 5.25. The third-order valence-electron chi connectivity index (χ3n) is 6.43. The summed E-state index contributed by atoms with van der Waals surface area (Å²) in [6.45, 7) is 1.45. The van der Waals surface area contributed by atoms with Crippen LogP contribution in [-0.4, -0.2) is 22.9 Å². The van der Waals surface area contributed by atoms with E-state index in [1.54, 1.807) is 0 Å². The summed E-state index contributed by atoms with van der Waals surface area (Å²) < 4.78 is 0. The molecule has 2 aromatic carbocycles. The van der Waals surface area contributed by atoms with Crippen molar-refractivity contribution >= 4 is 18.3 Å². The van der Waals surface area contributed by atoms with Gasteiger partial charge in [0.05, 0.1) is 0 Å². The van der Waals surface area contributed by atoms with E-state index in [0.29, 0.717) is 30.3 Å². The molecular formula is C23H27ClN2O. The highest BCUT2D eigenvalue weighted by Gasteiger charge is 2.35. The summed E-state index contributed by atoms with van der Waals surface area (Å²) in [5.41, 5.74) is 5.07. The van der Waals surface area contributed by atoms with Gasteiger partial charge in [0, 0.05) is 31.6 Å². The zero-order valence-corrected chi connectivity index (χ0v) is 16.4. The molecule has 1 amide bonds. The van der Waals surface area contributed by atoms with Gasteiger partial charge in [-0.05, 0) is 53.9 Å². The smallest absolute Gasteiger partial charge is 0.223 e. The number of hydrogen-bond donors (Lipinski definition) is 1. The topological polar surface area (TPSA) is 32.3 Å². The molecule has 2 bridgehead atoms. The lowest BCUT2D eigenvalue weighted by atomic mass is 9.89. The number of nitrogens with one attached hydrogen (secondary N) is 1. The molecule has 0 aliphatic carbocycles. The van der Waals surface area contributed by atoms with Crippen molar-refractivity contribution in [3.63, 3.8) is 0 Å². The third kappa shape index (κ3) is 3.63. The monoisotopic (exact) mass is 382 g/mol. The van der Waals surface area contributed by atoms with Gasteiger partial charge in [0.15, 0.2) is 0 Å². The van der Waals surface area contributed by atoms with E-state index in [-0.39, 0.29) is 12.4 Å². The normalized spacial score (nSPS) is 25.8. The standard InChI is InChI=1S/C23H26N2O.ClH/c26-23(13-16-11-19-9-10-20(12-16)24-19)25-14-17-5-1-3-7-21(17)22-8-4-2-6-18(22)15-25;/h1-8,16,19-20,24H,9-15H2;1H. The predicted octanol–water partition coefficient (Wildman–Crippen LogP) is 4.54. The molecule has 2 unspecified atom stereocenters. The number of amides is 1. The number of rotatable bonds is 2. The molecule has 5 rings (SSSR count). The van der Waals surface area contributed by atoms with Gasteiger partial charge >= 0.3 is 0 Å². The Bertz CT molecular complexity index is 777. The highest BCUT2D eigenvalue weighted by atomic mass is 35.5. The Morgan fingerprint density at radius 3 is 1.96 bits per heavy atom. The quantitative estimate of drug-likeness (QED) is 0.827. The van der Waals surface area contributed by atoms with Crippen LogP contribution in [0.3, 0.4) is 0 Å². The van der Waals surface area contributed by atoms with E-state index in [4.69, 9.17) is 0 Å². The van der Waals surface area contributed by atoms with E-state index in [2.05, 4.69) is 58.7 Å². The number of fused-ring (bicyclic) bond motifs is 5. The van der Waals surface area contributed by atoms with Gasteiger partial charge in [0.2, 0.25) is 5.91 Å². The van der Waals surface area contributed by atoms with Crippen LogP contribution in [-0.2, 0) is 17.9 Å². The van der Waals surface area contributed by atoms with Crippen LogP contribution in [0.1, 0.15) is 43.2 Å². The molecule has 3 aliphatic rings. The zero-order chi connectivity index (χ0) is 17.5. The molecule has 0 spiro atoms. The van der Waals surface area contributed by atoms with Gasteiger partial charge in [-0.15, -0.1) is 12.4 Å². The first-order valence-corrected chi connectivity index (χ1v) is 9.96. The molecule has 3 nitrogen and oxygen atoms in total. The van der Waals surface area contributed by atoms with Crippen LogP contribution in [0.4, 0.5) is 0 Å². The van der Waals surface area contributed by atoms with Crippen molar-refractivity contribution in [1.29, 1.82) is 0 Å². The van der Waals surface area contributed by atoms with Crippen LogP contribution < -0.4 is 5.32 Å². The maximum atomic E-state index is 13.2. The summed E-state index contributed by atoms with van der Waals surface area (Å²) in [5, 5.41) is 3.68. The second-order valence-electron chi connectivity index (χ2n) is 8.24. The first kappa shape index (κ1) is 18.5. The second-order valence-corrected chi connectivity index (χ2v) is 8.24. The third-order valence-corrected chi connectivity index (χ3v) is 6.43. The Labute approximate surface area is 167 Å². The average molecular weight is 383 g/mol. The minimum absolute atomic E-state index is 0. The Morgan fingerprint density at radius 1 is 0.889 bits per heavy atom. The van der Waals surface area contributed by atoms with Crippen molar-refractivity contribution in [3.05, 3.63) is 59.7 Å². The van der Waals surface area contributed by atoms with Crippen molar-refractivity contribution in [1.82, 2.24) is 10.2 Å². The molecule has 4 heteroatoms. The zero-order valence-electron chi connectivity index (χ0n) is 15.6. The maximum Gasteiger partial charge on any atom is 0.223 e. The Balaban J connectivity index is 0.00000180. The minimum Gasteiger partial charge on any atom is -0.334 e. The number of halogens is 1. The molecule has 0 radical (unpaired) electrons. The molecule has 3 aliphatic heterocycles. The fraction of sp³-hybridized carbons (Fsp3) is 0.435. The molecule has 1 N–H and O–H groups in total. The number of piperidine rings is 1. The van der Waals surface area contributed by atoms with Crippen molar-refractivity contribution in [2.45, 2.75) is 57.3 Å². The molecule has 142 valence electrons. The molecule has 27 heavy (non-hydrogen) atoms. The summed E-state index contributed by atoms with van der Waals surface area (Å²) in [4.78, 5) is 15.3. The SMILES string of the molecule is Cl.O=C(CC1CC2CCC(C1)N2)N1Cc2ccccc2-c2ccccc2C1. The number of nitrogens with zero attached hydrogens (tertiary/aromatic N) is 1. The molecular weight excluding hydrogens is 356 g/mol. The van der Waals surface area contributed by atoms with E-state index in [1.807, 2.05) is 0 Å². The van der Waals surface area contributed by atoms with Gasteiger partial charge in [0.1, 0.15) is 0 Å². The van der Waals surface area contributed by atoms with Crippen LogP contribution in [0.5, 0.6) is 0 Å². The summed E-state index contributed by atoms with van der Waals surface area (Å²) in [6.07, 6.45) is 5.63. The Morgan fingerprint density at radius 2 is 1.41 bits per heavy atom. The van der Waals surface area contributed by atoms with Gasteiger partial charge in [-0.1, -0.05) is 48.5 Å². The van der Waals surface area contributed by atoms with Crippen molar-refractivity contribution in [2.75, 3.05) is 0 Å². The number of hydrogen-bond acceptors (Lipinski definition) is 2. The lowest BCUT2D eigenvalue weighted by Gasteiger charge is -2.30. The van der Waals surface area contributed by atoms with Crippen LogP contribution in [0.15, 0.2) is 48.5 Å². The molecule has 0 aromatic heterocycles. The van der Waals surface area contributed by atoms with E-state index >= 15 is 0 Å². The highest BCUT2D eigenvalue weighted by Crippen LogP contribution is 2.35. The molecule has 2 fully saturated rings. The highest BCUT2D eigenvalue weighted by molar-refractivity contribution is 5.85. The molecule has 3 heterocycles. The van der Waals surface area contributed by atoms with Crippen LogP contribution in [0, 0.1) is 5.92 Å². The Hall–Kier alpha value is -1.84. The summed E-state index contributed by atoms with van der Waals surface area (Å²) in [5.74, 6) is 0.873. The molecule has 2 atom stereocenters. The van der Waals surface area contributed by atoms with E-state index in [0.717, 1.165) is 13.1 Å². The van der Waals surface area contributed by atoms with Gasteiger partial charge < -0.3 is 10.2 Å². The summed E-state index contributed by atoms with van der Waals surface area (Å²) >= 11 is 0. The molecule has 0 saturated carbocycles. The second kappa shape index (κ2) is 7.65. The van der Waals surface area contributed by atoms with E-state index in [1.165, 1.54) is 47.9 Å².